The van der Waals surface area contributed by atoms with Crippen LogP contribution in [0.5, 0.6) is 0 Å². The molecule has 1 N–H and O–H groups in total. The first-order valence-corrected chi connectivity index (χ1v) is 6.24. The molecule has 1 aromatic rings. The van der Waals surface area contributed by atoms with Gasteiger partial charge in [-0.25, -0.2) is 0 Å². The van der Waals surface area contributed by atoms with Gasteiger partial charge in [0.25, 0.3) is 0 Å². The Hall–Kier alpha value is -2.19. The van der Waals surface area contributed by atoms with E-state index in [0.717, 1.165) is 11.1 Å². The molecule has 0 saturated carbocycles. The first-order valence-electron chi connectivity index (χ1n) is 6.24. The number of ketones is 1. The first-order chi connectivity index (χ1) is 9.20. The third-order valence-corrected chi connectivity index (χ3v) is 3.62. The van der Waals surface area contributed by atoms with Crippen molar-refractivity contribution < 1.29 is 9.90 Å². The summed E-state index contributed by atoms with van der Waals surface area (Å²) in [5.41, 5.74) is 2.60. The van der Waals surface area contributed by atoms with E-state index in [2.05, 4.69) is 4.98 Å². The average molecular weight is 255 g/mol. The summed E-state index contributed by atoms with van der Waals surface area (Å²) in [5.74, 6) is -0.167. The second-order valence-corrected chi connectivity index (χ2v) is 4.86. The number of aliphatic hydroxyl groups is 1. The number of hydrogen-bond donors (Lipinski definition) is 1. The molecule has 1 aliphatic carbocycles. The Balaban J connectivity index is 2.15. The molecule has 1 fully saturated rings. The van der Waals surface area contributed by atoms with Gasteiger partial charge in [-0.05, 0) is 18.1 Å². The van der Waals surface area contributed by atoms with Crippen molar-refractivity contribution >= 4 is 11.5 Å². The lowest BCUT2D eigenvalue weighted by molar-refractivity contribution is -0.114. The lowest BCUT2D eigenvalue weighted by Crippen LogP contribution is -2.27. The Labute approximate surface area is 110 Å². The minimum absolute atomic E-state index is 0.167. The van der Waals surface area contributed by atoms with Gasteiger partial charge in [0.2, 0.25) is 0 Å². The van der Waals surface area contributed by atoms with Gasteiger partial charge in [0.05, 0.1) is 11.8 Å². The van der Waals surface area contributed by atoms with Crippen molar-refractivity contribution in [1.82, 2.24) is 9.88 Å². The van der Waals surface area contributed by atoms with E-state index in [1.807, 2.05) is 17.0 Å². The molecule has 0 spiro atoms. The number of nitrogens with zero attached hydrogens (tertiary/aromatic N) is 3. The highest BCUT2D eigenvalue weighted by atomic mass is 16.3. The Morgan fingerprint density at radius 2 is 2.37 bits per heavy atom. The Morgan fingerprint density at radius 3 is 3.05 bits per heavy atom. The predicted octanol–water partition coefficient (Wildman–Crippen LogP) is 0.508. The zero-order valence-corrected chi connectivity index (χ0v) is 10.3. The van der Waals surface area contributed by atoms with Gasteiger partial charge in [0, 0.05) is 37.5 Å². The van der Waals surface area contributed by atoms with Crippen molar-refractivity contribution in [3.8, 4) is 6.07 Å². The molecule has 2 aliphatic rings. The van der Waals surface area contributed by atoms with E-state index < -0.39 is 6.10 Å². The van der Waals surface area contributed by atoms with Crippen molar-refractivity contribution in [3.63, 3.8) is 0 Å². The summed E-state index contributed by atoms with van der Waals surface area (Å²) in [6, 6.07) is 3.86. The van der Waals surface area contributed by atoms with E-state index in [4.69, 9.17) is 0 Å². The minimum atomic E-state index is -0.394. The van der Waals surface area contributed by atoms with Gasteiger partial charge in [-0.1, -0.05) is 0 Å². The molecule has 1 aromatic heterocycles. The van der Waals surface area contributed by atoms with E-state index in [-0.39, 0.29) is 17.8 Å². The molecular weight excluding hydrogens is 242 g/mol. The van der Waals surface area contributed by atoms with Crippen LogP contribution < -0.4 is 0 Å². The van der Waals surface area contributed by atoms with Crippen LogP contribution in [0.25, 0.3) is 5.70 Å². The standard InChI is InChI=1S/C14H13N3O2/c15-6-12-13(19)5-9-7-16-3-1-11(9)14(12)17-4-2-10(18)8-17/h1,3,7,10,18H,2,4-5,8H2/t10-/m0/s1. The topological polar surface area (TPSA) is 77.2 Å². The van der Waals surface area contributed by atoms with Crippen LogP contribution in [0.15, 0.2) is 24.0 Å². The summed E-state index contributed by atoms with van der Waals surface area (Å²) < 4.78 is 0. The summed E-state index contributed by atoms with van der Waals surface area (Å²) in [6.45, 7) is 1.13. The van der Waals surface area contributed by atoms with Crippen LogP contribution in [-0.4, -0.2) is 40.0 Å². The maximum atomic E-state index is 12.0. The largest absolute Gasteiger partial charge is 0.391 e. The number of fused-ring (bicyclic) bond motifs is 1. The molecule has 0 radical (unpaired) electrons. The molecule has 3 rings (SSSR count). The van der Waals surface area contributed by atoms with Gasteiger partial charge < -0.3 is 10.0 Å². The fourth-order valence-corrected chi connectivity index (χ4v) is 2.72. The third-order valence-electron chi connectivity index (χ3n) is 3.62. The number of rotatable bonds is 1. The zero-order valence-electron chi connectivity index (χ0n) is 10.3. The van der Waals surface area contributed by atoms with Gasteiger partial charge in [-0.3, -0.25) is 9.78 Å². The van der Waals surface area contributed by atoms with Crippen molar-refractivity contribution in [3.05, 3.63) is 35.2 Å². The summed E-state index contributed by atoms with van der Waals surface area (Å²) in [5, 5.41) is 18.9. The number of likely N-dealkylation sites (tertiary alicyclic amines) is 1. The first kappa shape index (κ1) is 11.9. The van der Waals surface area contributed by atoms with Crippen LogP contribution in [0.4, 0.5) is 0 Å². The van der Waals surface area contributed by atoms with E-state index in [9.17, 15) is 15.2 Å². The highest BCUT2D eigenvalue weighted by Crippen LogP contribution is 2.33. The lowest BCUT2D eigenvalue weighted by Gasteiger charge is -2.27. The third kappa shape index (κ3) is 1.90. The van der Waals surface area contributed by atoms with Crippen LogP contribution in [0, 0.1) is 11.3 Å². The number of Topliss-reactive ketones (excluding diaryl/α,β-unsaturated/α-hetero) is 1. The summed E-state index contributed by atoms with van der Waals surface area (Å²) in [4.78, 5) is 18.0. The predicted molar refractivity (Wildman–Crippen MR) is 67.7 cm³/mol. The van der Waals surface area contributed by atoms with Gasteiger partial charge in [0.1, 0.15) is 11.6 Å². The second-order valence-electron chi connectivity index (χ2n) is 4.86. The molecule has 0 aromatic carbocycles. The molecule has 96 valence electrons. The highest BCUT2D eigenvalue weighted by Gasteiger charge is 2.32. The molecule has 0 bridgehead atoms. The monoisotopic (exact) mass is 255 g/mol. The van der Waals surface area contributed by atoms with E-state index in [1.54, 1.807) is 12.4 Å². The highest BCUT2D eigenvalue weighted by molar-refractivity contribution is 6.09. The quantitative estimate of drug-likeness (QED) is 0.791. The fraction of sp³-hybridized carbons (Fsp3) is 0.357. The zero-order chi connectivity index (χ0) is 13.4. The molecule has 1 aliphatic heterocycles. The van der Waals surface area contributed by atoms with Crippen LogP contribution >= 0.6 is 0 Å². The normalized spacial score (nSPS) is 22.4. The molecule has 1 atom stereocenters. The van der Waals surface area contributed by atoms with Gasteiger partial charge in [-0.2, -0.15) is 5.26 Å². The maximum absolute atomic E-state index is 12.0. The van der Waals surface area contributed by atoms with Crippen molar-refractivity contribution in [2.24, 2.45) is 0 Å². The number of nitriles is 1. The van der Waals surface area contributed by atoms with E-state index >= 15 is 0 Å². The summed E-state index contributed by atoms with van der Waals surface area (Å²) >= 11 is 0. The van der Waals surface area contributed by atoms with Crippen molar-refractivity contribution in [2.45, 2.75) is 18.9 Å². The van der Waals surface area contributed by atoms with E-state index in [0.29, 0.717) is 25.2 Å². The second kappa shape index (κ2) is 4.48. The van der Waals surface area contributed by atoms with Crippen molar-refractivity contribution in [1.29, 1.82) is 5.26 Å². The Kier molecular flexibility index (Phi) is 2.80. The number of aromatic nitrogens is 1. The Morgan fingerprint density at radius 1 is 1.53 bits per heavy atom. The molecule has 1 saturated heterocycles. The number of carbonyl (C=O) groups excluding carboxylic acids is 1. The van der Waals surface area contributed by atoms with Gasteiger partial charge in [0.15, 0.2) is 5.78 Å². The smallest absolute Gasteiger partial charge is 0.179 e. The molecule has 0 amide bonds. The summed E-state index contributed by atoms with van der Waals surface area (Å²) in [6.07, 6.45) is 3.84. The number of hydrogen-bond acceptors (Lipinski definition) is 5. The summed E-state index contributed by atoms with van der Waals surface area (Å²) in [7, 11) is 0. The Bertz CT molecular complexity index is 615. The molecular formula is C14H13N3O2. The number of allylic oxidation sites excluding steroid dienone is 1. The van der Waals surface area contributed by atoms with Gasteiger partial charge >= 0.3 is 0 Å². The molecule has 2 heterocycles. The minimum Gasteiger partial charge on any atom is -0.391 e. The molecule has 19 heavy (non-hydrogen) atoms. The number of β-amino-alcohol motifs (C(OH)–C–C–N with tert-alkyl or cyclic N) is 1. The van der Waals surface area contributed by atoms with Crippen molar-refractivity contribution in [2.75, 3.05) is 13.1 Å². The molecule has 5 nitrogen and oxygen atoms in total. The fourth-order valence-electron chi connectivity index (χ4n) is 2.72. The van der Waals surface area contributed by atoms with Crippen LogP contribution in [0.2, 0.25) is 0 Å². The SMILES string of the molecule is N#CC1=C(N2CC[C@H](O)C2)c2ccncc2CC1=O. The average Bonchev–Trinajstić information content (AvgIpc) is 2.83. The number of aliphatic hydroxyl groups excluding tert-OH is 1. The molecule has 0 unspecified atom stereocenters. The van der Waals surface area contributed by atoms with Crippen LogP contribution in [0.1, 0.15) is 17.5 Å². The van der Waals surface area contributed by atoms with E-state index in [1.165, 1.54) is 0 Å². The maximum Gasteiger partial charge on any atom is 0.179 e. The number of pyridine rings is 1. The van der Waals surface area contributed by atoms with Crippen LogP contribution in [-0.2, 0) is 11.2 Å². The van der Waals surface area contributed by atoms with Gasteiger partial charge in [-0.15, -0.1) is 0 Å². The number of carbonyl (C=O) groups is 1. The van der Waals surface area contributed by atoms with Crippen LogP contribution in [0.3, 0.4) is 0 Å². The lowest BCUT2D eigenvalue weighted by atomic mass is 9.89. The molecule has 5 heteroatoms.